The van der Waals surface area contributed by atoms with Crippen molar-refractivity contribution in [1.29, 1.82) is 0 Å². The van der Waals surface area contributed by atoms with Crippen molar-refractivity contribution < 1.29 is 23.5 Å². The zero-order valence-corrected chi connectivity index (χ0v) is 12.2. The van der Waals surface area contributed by atoms with Crippen LogP contribution in [-0.4, -0.2) is 27.5 Å². The van der Waals surface area contributed by atoms with Gasteiger partial charge in [0, 0.05) is 17.8 Å². The second-order valence-electron chi connectivity index (χ2n) is 4.12. The number of carbonyl (C=O) groups is 1. The van der Waals surface area contributed by atoms with Gasteiger partial charge in [0.2, 0.25) is 5.12 Å². The molecule has 2 heterocycles. The first-order valence-electron chi connectivity index (χ1n) is 6.14. The summed E-state index contributed by atoms with van der Waals surface area (Å²) in [7, 11) is 1.47. The molecule has 0 radical (unpaired) electrons. The number of ether oxygens (including phenoxy) is 1. The van der Waals surface area contributed by atoms with Crippen molar-refractivity contribution in [2.75, 3.05) is 7.11 Å². The highest BCUT2D eigenvalue weighted by molar-refractivity contribution is 8.14. The van der Waals surface area contributed by atoms with E-state index in [4.69, 9.17) is 13.6 Å². The molecule has 1 N–H and O–H groups in total. The van der Waals surface area contributed by atoms with Gasteiger partial charge in [-0.15, -0.1) is 10.2 Å². The summed E-state index contributed by atoms with van der Waals surface area (Å²) in [5.41, 5.74) is 0.128. The number of aromatic nitrogens is 2. The van der Waals surface area contributed by atoms with Crippen LogP contribution >= 0.6 is 11.8 Å². The Labute approximate surface area is 128 Å². The first kappa shape index (κ1) is 14.2. The molecule has 1 aromatic carbocycles. The normalized spacial score (nSPS) is 10.6. The number of carbonyl (C=O) groups excluding carboxylic acids is 1. The zero-order chi connectivity index (χ0) is 15.5. The van der Waals surface area contributed by atoms with Crippen LogP contribution < -0.4 is 4.74 Å². The lowest BCUT2D eigenvalue weighted by Crippen LogP contribution is -1.95. The van der Waals surface area contributed by atoms with Crippen molar-refractivity contribution in [3.8, 4) is 23.1 Å². The van der Waals surface area contributed by atoms with Gasteiger partial charge in [-0.25, -0.2) is 0 Å². The topological polar surface area (TPSA) is 98.6 Å². The average molecular weight is 318 g/mol. The van der Waals surface area contributed by atoms with Crippen LogP contribution in [0.4, 0.5) is 0 Å². The van der Waals surface area contributed by atoms with E-state index in [1.807, 2.05) is 0 Å². The van der Waals surface area contributed by atoms with Crippen molar-refractivity contribution in [3.63, 3.8) is 0 Å². The van der Waals surface area contributed by atoms with E-state index in [0.717, 1.165) is 11.8 Å². The molecule has 0 amide bonds. The average Bonchev–Trinajstić information content (AvgIpc) is 3.17. The Bertz CT molecular complexity index is 797. The van der Waals surface area contributed by atoms with Gasteiger partial charge in [0.25, 0.3) is 11.1 Å². The van der Waals surface area contributed by atoms with Crippen molar-refractivity contribution >= 4 is 16.9 Å². The highest BCUT2D eigenvalue weighted by atomic mass is 32.2. The highest BCUT2D eigenvalue weighted by Gasteiger charge is 2.18. The molecule has 3 aromatic rings. The van der Waals surface area contributed by atoms with Crippen molar-refractivity contribution in [2.24, 2.45) is 0 Å². The number of rotatable bonds is 4. The fourth-order valence-corrected chi connectivity index (χ4v) is 2.34. The van der Waals surface area contributed by atoms with Gasteiger partial charge in [-0.3, -0.25) is 4.79 Å². The number of methoxy groups -OCH3 is 1. The maximum absolute atomic E-state index is 12.1. The lowest BCUT2D eigenvalue weighted by Gasteiger charge is -2.04. The van der Waals surface area contributed by atoms with Crippen LogP contribution in [0.25, 0.3) is 11.7 Å². The number of nitrogens with zero attached hydrogens (tertiary/aromatic N) is 2. The predicted molar refractivity (Wildman–Crippen MR) is 76.8 cm³/mol. The number of phenolic OH excluding ortho intramolecular Hbond substituents is 1. The molecule has 0 aliphatic carbocycles. The van der Waals surface area contributed by atoms with Crippen LogP contribution in [0.5, 0.6) is 11.5 Å². The summed E-state index contributed by atoms with van der Waals surface area (Å²) < 4.78 is 15.4. The minimum absolute atomic E-state index is 0.0617. The Kier molecular flexibility index (Phi) is 3.84. The van der Waals surface area contributed by atoms with E-state index in [0.29, 0.717) is 11.5 Å². The van der Waals surface area contributed by atoms with Crippen LogP contribution in [-0.2, 0) is 0 Å². The molecule has 0 fully saturated rings. The Morgan fingerprint density at radius 1 is 1.32 bits per heavy atom. The summed E-state index contributed by atoms with van der Waals surface area (Å²) >= 11 is 0.721. The van der Waals surface area contributed by atoms with Gasteiger partial charge in [-0.05, 0) is 24.3 Å². The molecule has 22 heavy (non-hydrogen) atoms. The molecule has 0 aliphatic rings. The highest BCUT2D eigenvalue weighted by Crippen LogP contribution is 2.30. The minimum atomic E-state index is -0.421. The van der Waals surface area contributed by atoms with Gasteiger partial charge in [-0.2, -0.15) is 0 Å². The second kappa shape index (κ2) is 5.94. The molecule has 112 valence electrons. The third-order valence-corrected chi connectivity index (χ3v) is 3.49. The van der Waals surface area contributed by atoms with Crippen LogP contribution in [0, 0.1) is 0 Å². The van der Waals surface area contributed by atoms with Crippen molar-refractivity contribution in [1.82, 2.24) is 10.2 Å². The fourth-order valence-electron chi connectivity index (χ4n) is 1.70. The molecular weight excluding hydrogens is 308 g/mol. The number of furan rings is 1. The molecule has 0 spiro atoms. The van der Waals surface area contributed by atoms with Crippen LogP contribution in [0.3, 0.4) is 0 Å². The minimum Gasteiger partial charge on any atom is -0.507 e. The third kappa shape index (κ3) is 2.82. The number of hydrogen-bond acceptors (Lipinski definition) is 8. The van der Waals surface area contributed by atoms with Gasteiger partial charge in [-0.1, -0.05) is 0 Å². The smallest absolute Gasteiger partial charge is 0.284 e. The largest absolute Gasteiger partial charge is 0.507 e. The van der Waals surface area contributed by atoms with E-state index in [1.54, 1.807) is 18.2 Å². The second-order valence-corrected chi connectivity index (χ2v) is 5.05. The maximum Gasteiger partial charge on any atom is 0.284 e. The van der Waals surface area contributed by atoms with Crippen molar-refractivity contribution in [2.45, 2.75) is 5.22 Å². The molecule has 0 saturated heterocycles. The van der Waals surface area contributed by atoms with E-state index in [-0.39, 0.29) is 22.4 Å². The Hall–Kier alpha value is -2.74. The van der Waals surface area contributed by atoms with Gasteiger partial charge in [0.1, 0.15) is 11.5 Å². The van der Waals surface area contributed by atoms with E-state index in [9.17, 15) is 9.90 Å². The fraction of sp³-hybridized carbons (Fsp3) is 0.0714. The summed E-state index contributed by atoms with van der Waals surface area (Å²) in [6, 6.07) is 7.75. The van der Waals surface area contributed by atoms with Gasteiger partial charge in [0.05, 0.1) is 18.9 Å². The Balaban J connectivity index is 1.77. The number of thioether (sulfide) groups is 1. The van der Waals surface area contributed by atoms with E-state index in [2.05, 4.69) is 10.2 Å². The van der Waals surface area contributed by atoms with E-state index < -0.39 is 5.12 Å². The Morgan fingerprint density at radius 3 is 2.86 bits per heavy atom. The lowest BCUT2D eigenvalue weighted by atomic mass is 10.2. The van der Waals surface area contributed by atoms with Gasteiger partial charge < -0.3 is 18.7 Å². The van der Waals surface area contributed by atoms with Crippen LogP contribution in [0.1, 0.15) is 10.4 Å². The first-order chi connectivity index (χ1) is 10.7. The van der Waals surface area contributed by atoms with Crippen LogP contribution in [0.2, 0.25) is 0 Å². The molecule has 0 bridgehead atoms. The third-order valence-electron chi connectivity index (χ3n) is 2.74. The van der Waals surface area contributed by atoms with Crippen molar-refractivity contribution in [3.05, 3.63) is 42.2 Å². The quantitative estimate of drug-likeness (QED) is 0.733. The summed E-state index contributed by atoms with van der Waals surface area (Å²) in [6.45, 7) is 0. The van der Waals surface area contributed by atoms with Gasteiger partial charge >= 0.3 is 0 Å². The molecule has 0 saturated carbocycles. The standard InChI is InChI=1S/C14H10N2O5S/c1-19-8-4-5-9(10(17)7-8)13(18)22-14-16-15-12(21-14)11-3-2-6-20-11/h2-7,17H,1H3. The number of hydrogen-bond donors (Lipinski definition) is 1. The Morgan fingerprint density at radius 2 is 2.18 bits per heavy atom. The van der Waals surface area contributed by atoms with Crippen LogP contribution in [0.15, 0.2) is 50.7 Å². The summed E-state index contributed by atoms with van der Waals surface area (Å²) in [4.78, 5) is 12.1. The molecule has 0 aliphatic heterocycles. The number of benzene rings is 1. The molecule has 3 rings (SSSR count). The predicted octanol–water partition coefficient (Wildman–Crippen LogP) is 2.98. The van der Waals surface area contributed by atoms with E-state index in [1.165, 1.54) is 25.5 Å². The molecule has 0 atom stereocenters. The first-order valence-corrected chi connectivity index (χ1v) is 6.95. The molecular formula is C14H10N2O5S. The SMILES string of the molecule is COc1ccc(C(=O)Sc2nnc(-c3ccco3)o2)c(O)c1. The van der Waals surface area contributed by atoms with Gasteiger partial charge in [0.15, 0.2) is 5.76 Å². The summed E-state index contributed by atoms with van der Waals surface area (Å²) in [5.74, 6) is 0.873. The van der Waals surface area contributed by atoms with E-state index >= 15 is 0 Å². The molecule has 2 aromatic heterocycles. The molecule has 0 unspecified atom stereocenters. The monoisotopic (exact) mass is 318 g/mol. The lowest BCUT2D eigenvalue weighted by molar-refractivity contribution is 0.108. The summed E-state index contributed by atoms with van der Waals surface area (Å²) in [5, 5.41) is 17.0. The zero-order valence-electron chi connectivity index (χ0n) is 11.3. The summed E-state index contributed by atoms with van der Waals surface area (Å²) in [6.07, 6.45) is 1.48. The maximum atomic E-state index is 12.1. The molecule has 8 heteroatoms. The number of phenols is 1. The number of aromatic hydroxyl groups is 1. The molecule has 7 nitrogen and oxygen atoms in total.